The van der Waals surface area contributed by atoms with Crippen LogP contribution in [0, 0.1) is 0 Å². The summed E-state index contributed by atoms with van der Waals surface area (Å²) >= 11 is 0. The molecule has 148 valence electrons. The summed E-state index contributed by atoms with van der Waals surface area (Å²) < 4.78 is 0. The number of guanidine groups is 1. The van der Waals surface area contributed by atoms with Crippen molar-refractivity contribution < 1.29 is 4.79 Å². The number of nitrogens with one attached hydrogen (secondary N) is 3. The molecule has 0 aliphatic heterocycles. The Labute approximate surface area is 175 Å². The van der Waals surface area contributed by atoms with Crippen molar-refractivity contribution in [3.63, 3.8) is 0 Å². The summed E-state index contributed by atoms with van der Waals surface area (Å²) in [6.45, 7) is 9.57. The SMILES string of the molecule is CCNC(=NCCC(=O)NC(C)CC)NC(C)CCc1ccccc1.I. The zero-order chi connectivity index (χ0) is 18.5. The summed E-state index contributed by atoms with van der Waals surface area (Å²) in [7, 11) is 0. The summed E-state index contributed by atoms with van der Waals surface area (Å²) in [5.41, 5.74) is 1.35. The van der Waals surface area contributed by atoms with Crippen LogP contribution in [-0.4, -0.2) is 37.0 Å². The summed E-state index contributed by atoms with van der Waals surface area (Å²) in [4.78, 5) is 16.3. The largest absolute Gasteiger partial charge is 0.357 e. The Kier molecular flexibility index (Phi) is 14.1. The molecule has 0 radical (unpaired) electrons. The normalized spacial score (nSPS) is 13.3. The maximum absolute atomic E-state index is 11.8. The molecule has 0 aliphatic carbocycles. The topological polar surface area (TPSA) is 65.5 Å². The monoisotopic (exact) mass is 474 g/mol. The predicted molar refractivity (Wildman–Crippen MR) is 121 cm³/mol. The minimum absolute atomic E-state index is 0. The molecular weight excluding hydrogens is 439 g/mol. The molecule has 26 heavy (non-hydrogen) atoms. The van der Waals surface area contributed by atoms with Crippen LogP contribution < -0.4 is 16.0 Å². The van der Waals surface area contributed by atoms with Gasteiger partial charge in [0.15, 0.2) is 5.96 Å². The Balaban J connectivity index is 0.00000625. The van der Waals surface area contributed by atoms with Gasteiger partial charge in [-0.1, -0.05) is 37.3 Å². The first-order valence-electron chi connectivity index (χ1n) is 9.43. The summed E-state index contributed by atoms with van der Waals surface area (Å²) in [6, 6.07) is 11.0. The van der Waals surface area contributed by atoms with Gasteiger partial charge in [0, 0.05) is 25.0 Å². The van der Waals surface area contributed by atoms with Gasteiger partial charge in [0.05, 0.1) is 6.54 Å². The van der Waals surface area contributed by atoms with E-state index in [0.29, 0.717) is 19.0 Å². The van der Waals surface area contributed by atoms with Gasteiger partial charge in [0.25, 0.3) is 0 Å². The van der Waals surface area contributed by atoms with Crippen molar-refractivity contribution >= 4 is 35.8 Å². The van der Waals surface area contributed by atoms with Crippen LogP contribution in [0.25, 0.3) is 0 Å². The lowest BCUT2D eigenvalue weighted by molar-refractivity contribution is -0.121. The fourth-order valence-corrected chi connectivity index (χ4v) is 2.37. The average molecular weight is 474 g/mol. The van der Waals surface area contributed by atoms with Crippen LogP contribution >= 0.6 is 24.0 Å². The number of carbonyl (C=O) groups excluding carboxylic acids is 1. The number of hydrogen-bond acceptors (Lipinski definition) is 2. The van der Waals surface area contributed by atoms with Crippen molar-refractivity contribution in [2.75, 3.05) is 13.1 Å². The zero-order valence-corrected chi connectivity index (χ0v) is 18.9. The van der Waals surface area contributed by atoms with E-state index < -0.39 is 0 Å². The molecule has 0 bridgehead atoms. The van der Waals surface area contributed by atoms with Crippen molar-refractivity contribution in [2.24, 2.45) is 4.99 Å². The number of benzene rings is 1. The molecule has 2 unspecified atom stereocenters. The molecule has 0 saturated carbocycles. The number of hydrogen-bond donors (Lipinski definition) is 3. The van der Waals surface area contributed by atoms with E-state index in [-0.39, 0.29) is 35.9 Å². The van der Waals surface area contributed by atoms with Gasteiger partial charge in [-0.25, -0.2) is 0 Å². The van der Waals surface area contributed by atoms with E-state index in [1.165, 1.54) is 5.56 Å². The minimum atomic E-state index is 0. The highest BCUT2D eigenvalue weighted by atomic mass is 127. The van der Waals surface area contributed by atoms with Crippen molar-refractivity contribution in [1.82, 2.24) is 16.0 Å². The molecule has 0 saturated heterocycles. The number of aliphatic imine (C=N–C) groups is 1. The van der Waals surface area contributed by atoms with Crippen LogP contribution in [0.2, 0.25) is 0 Å². The maximum Gasteiger partial charge on any atom is 0.222 e. The summed E-state index contributed by atoms with van der Waals surface area (Å²) in [5, 5.41) is 9.63. The van der Waals surface area contributed by atoms with Gasteiger partial charge in [-0.15, -0.1) is 24.0 Å². The molecule has 6 heteroatoms. The molecule has 1 aromatic carbocycles. The molecule has 2 atom stereocenters. The highest BCUT2D eigenvalue weighted by Crippen LogP contribution is 2.04. The highest BCUT2D eigenvalue weighted by molar-refractivity contribution is 14.0. The zero-order valence-electron chi connectivity index (χ0n) is 16.5. The number of rotatable bonds is 10. The minimum Gasteiger partial charge on any atom is -0.357 e. The number of halogens is 1. The van der Waals surface area contributed by atoms with Gasteiger partial charge in [-0.05, 0) is 45.6 Å². The fraction of sp³-hybridized carbons (Fsp3) is 0.600. The third-order valence-corrected chi connectivity index (χ3v) is 4.06. The average Bonchev–Trinajstić information content (AvgIpc) is 2.60. The Morgan fingerprint density at radius 3 is 2.38 bits per heavy atom. The van der Waals surface area contributed by atoms with Crippen molar-refractivity contribution in [3.8, 4) is 0 Å². The van der Waals surface area contributed by atoms with Crippen LogP contribution in [0.15, 0.2) is 35.3 Å². The predicted octanol–water partition coefficient (Wildman–Crippen LogP) is 3.49. The standard InChI is InChI=1S/C20H34N4O.HI/c1-5-16(3)23-19(25)14-15-22-20(21-6-2)24-17(4)12-13-18-10-8-7-9-11-18;/h7-11,16-17H,5-6,12-15H2,1-4H3,(H,23,25)(H2,21,22,24);1H. The Bertz CT molecular complexity index is 522. The summed E-state index contributed by atoms with van der Waals surface area (Å²) in [5.74, 6) is 0.838. The third kappa shape index (κ3) is 11.3. The third-order valence-electron chi connectivity index (χ3n) is 4.06. The van der Waals surface area contributed by atoms with Gasteiger partial charge in [-0.3, -0.25) is 9.79 Å². The second kappa shape index (κ2) is 14.8. The van der Waals surface area contributed by atoms with E-state index in [9.17, 15) is 4.79 Å². The molecule has 1 amide bonds. The molecule has 1 rings (SSSR count). The van der Waals surface area contributed by atoms with E-state index >= 15 is 0 Å². The highest BCUT2D eigenvalue weighted by Gasteiger charge is 2.07. The Hall–Kier alpha value is -1.31. The van der Waals surface area contributed by atoms with Crippen LogP contribution in [0.5, 0.6) is 0 Å². The van der Waals surface area contributed by atoms with E-state index in [0.717, 1.165) is 31.8 Å². The molecule has 3 N–H and O–H groups in total. The van der Waals surface area contributed by atoms with Gasteiger partial charge < -0.3 is 16.0 Å². The van der Waals surface area contributed by atoms with Gasteiger partial charge in [0.1, 0.15) is 0 Å². The Morgan fingerprint density at radius 2 is 1.77 bits per heavy atom. The smallest absolute Gasteiger partial charge is 0.222 e. The molecule has 0 spiro atoms. The van der Waals surface area contributed by atoms with Crippen LogP contribution in [0.1, 0.15) is 52.5 Å². The number of carbonyl (C=O) groups is 1. The van der Waals surface area contributed by atoms with Crippen molar-refractivity contribution in [1.29, 1.82) is 0 Å². The second-order valence-electron chi connectivity index (χ2n) is 6.46. The quantitative estimate of drug-likeness (QED) is 0.276. The van der Waals surface area contributed by atoms with E-state index in [1.54, 1.807) is 0 Å². The molecule has 5 nitrogen and oxygen atoms in total. The van der Waals surface area contributed by atoms with Crippen LogP contribution in [-0.2, 0) is 11.2 Å². The lowest BCUT2D eigenvalue weighted by Gasteiger charge is -2.18. The Morgan fingerprint density at radius 1 is 1.08 bits per heavy atom. The van der Waals surface area contributed by atoms with Crippen LogP contribution in [0.3, 0.4) is 0 Å². The molecule has 0 aromatic heterocycles. The lowest BCUT2D eigenvalue weighted by atomic mass is 10.1. The number of amides is 1. The number of aryl methyl sites for hydroxylation is 1. The maximum atomic E-state index is 11.8. The van der Waals surface area contributed by atoms with E-state index in [4.69, 9.17) is 0 Å². The first-order chi connectivity index (χ1) is 12.0. The van der Waals surface area contributed by atoms with Gasteiger partial charge in [-0.2, -0.15) is 0 Å². The summed E-state index contributed by atoms with van der Waals surface area (Å²) in [6.07, 6.45) is 3.42. The molecule has 0 heterocycles. The van der Waals surface area contributed by atoms with Gasteiger partial charge >= 0.3 is 0 Å². The van der Waals surface area contributed by atoms with E-state index in [1.807, 2.05) is 19.9 Å². The lowest BCUT2D eigenvalue weighted by Crippen LogP contribution is -2.42. The van der Waals surface area contributed by atoms with Crippen LogP contribution in [0.4, 0.5) is 0 Å². The first kappa shape index (κ1) is 24.7. The number of nitrogens with zero attached hydrogens (tertiary/aromatic N) is 1. The van der Waals surface area contributed by atoms with E-state index in [2.05, 4.69) is 59.1 Å². The van der Waals surface area contributed by atoms with Crippen molar-refractivity contribution in [2.45, 2.75) is 65.5 Å². The molecular formula is C20H35IN4O. The van der Waals surface area contributed by atoms with Gasteiger partial charge in [0.2, 0.25) is 5.91 Å². The second-order valence-corrected chi connectivity index (χ2v) is 6.46. The molecule has 0 fully saturated rings. The van der Waals surface area contributed by atoms with Crippen molar-refractivity contribution in [3.05, 3.63) is 35.9 Å². The molecule has 1 aromatic rings. The molecule has 0 aliphatic rings. The first-order valence-corrected chi connectivity index (χ1v) is 9.43. The fourth-order valence-electron chi connectivity index (χ4n) is 2.37.